The Balaban J connectivity index is 1.93. The molecule has 0 saturated heterocycles. The van der Waals surface area contributed by atoms with Gasteiger partial charge in [0.1, 0.15) is 0 Å². The van der Waals surface area contributed by atoms with E-state index in [1.165, 1.54) is 6.21 Å². The van der Waals surface area contributed by atoms with Crippen LogP contribution in [0.3, 0.4) is 0 Å². The maximum Gasteiger partial charge on any atom is 0.273 e. The largest absolute Gasteiger partial charge is 0.378 e. The molecule has 19 heavy (non-hydrogen) atoms. The number of rotatable bonds is 4. The highest BCUT2D eigenvalue weighted by Gasteiger charge is 2.15. The minimum Gasteiger partial charge on any atom is -0.378 e. The molecule has 0 radical (unpaired) electrons. The molecule has 0 aromatic heterocycles. The molecule has 0 aliphatic rings. The Hall–Kier alpha value is -2.46. The van der Waals surface area contributed by atoms with E-state index in [4.69, 9.17) is 0 Å². The zero-order valence-corrected chi connectivity index (χ0v) is 10.2. The molecule has 2 aromatic carbocycles. The van der Waals surface area contributed by atoms with Gasteiger partial charge in [-0.25, -0.2) is 5.43 Å². The van der Waals surface area contributed by atoms with Gasteiger partial charge in [0.2, 0.25) is 0 Å². The fourth-order valence-corrected chi connectivity index (χ4v) is 1.56. The molecule has 2 rings (SSSR count). The third-order valence-electron chi connectivity index (χ3n) is 2.55. The first kappa shape index (κ1) is 13.0. The van der Waals surface area contributed by atoms with Crippen LogP contribution in [0.4, 0.5) is 0 Å². The lowest BCUT2D eigenvalue weighted by Gasteiger charge is -2.08. The first-order valence-corrected chi connectivity index (χ1v) is 5.88. The van der Waals surface area contributed by atoms with E-state index in [0.717, 1.165) is 5.56 Å². The second kappa shape index (κ2) is 6.47. The zero-order chi connectivity index (χ0) is 13.5. The topological polar surface area (TPSA) is 61.7 Å². The van der Waals surface area contributed by atoms with Gasteiger partial charge in [-0.3, -0.25) is 4.79 Å². The fourth-order valence-electron chi connectivity index (χ4n) is 1.56. The molecule has 4 heteroatoms. The number of aliphatic hydroxyl groups is 1. The monoisotopic (exact) mass is 254 g/mol. The van der Waals surface area contributed by atoms with Crippen molar-refractivity contribution in [2.75, 3.05) is 0 Å². The van der Waals surface area contributed by atoms with Crippen LogP contribution < -0.4 is 5.43 Å². The highest BCUT2D eigenvalue weighted by Crippen LogP contribution is 2.11. The van der Waals surface area contributed by atoms with Crippen molar-refractivity contribution in [3.8, 4) is 0 Å². The molecule has 2 aromatic rings. The molecule has 0 aliphatic heterocycles. The molecular weight excluding hydrogens is 240 g/mol. The van der Waals surface area contributed by atoms with Gasteiger partial charge in [-0.1, -0.05) is 60.7 Å². The van der Waals surface area contributed by atoms with Gasteiger partial charge in [-0.15, -0.1) is 0 Å². The summed E-state index contributed by atoms with van der Waals surface area (Å²) in [6.07, 6.45) is 0.310. The average molecular weight is 254 g/mol. The van der Waals surface area contributed by atoms with Gasteiger partial charge < -0.3 is 5.11 Å². The lowest BCUT2D eigenvalue weighted by molar-refractivity contribution is -0.129. The number of carbonyl (C=O) groups excluding carboxylic acids is 1. The predicted octanol–water partition coefficient (Wildman–Crippen LogP) is 1.87. The maximum atomic E-state index is 11.7. The minimum atomic E-state index is -1.21. The number of nitrogens with zero attached hydrogens (tertiary/aromatic N) is 1. The van der Waals surface area contributed by atoms with Crippen LogP contribution in [0.2, 0.25) is 0 Å². The number of hydrazone groups is 1. The van der Waals surface area contributed by atoms with Crippen molar-refractivity contribution in [3.05, 3.63) is 71.8 Å². The molecule has 1 amide bonds. The van der Waals surface area contributed by atoms with E-state index >= 15 is 0 Å². The third-order valence-corrected chi connectivity index (χ3v) is 2.55. The van der Waals surface area contributed by atoms with Crippen LogP contribution in [-0.4, -0.2) is 17.2 Å². The number of aliphatic hydroxyl groups excluding tert-OH is 1. The van der Waals surface area contributed by atoms with E-state index in [1.54, 1.807) is 24.3 Å². The van der Waals surface area contributed by atoms with Crippen LogP contribution >= 0.6 is 0 Å². The number of amides is 1. The average Bonchev–Trinajstić information content (AvgIpc) is 2.48. The molecule has 2 N–H and O–H groups in total. The molecule has 1 atom stereocenters. The summed E-state index contributed by atoms with van der Waals surface area (Å²) in [5.74, 6) is -0.557. The Morgan fingerprint density at radius 1 is 1.05 bits per heavy atom. The van der Waals surface area contributed by atoms with E-state index in [2.05, 4.69) is 10.5 Å². The van der Waals surface area contributed by atoms with Gasteiger partial charge >= 0.3 is 0 Å². The standard InChI is InChI=1S/C15H14N2O2/c18-14(13-9-5-2-6-10-13)15(19)17-16-11-12-7-3-1-4-8-12/h1-11,14,18H,(H,17,19)/b16-11+. The third kappa shape index (κ3) is 3.76. The Morgan fingerprint density at radius 3 is 2.26 bits per heavy atom. The Labute approximate surface area is 111 Å². The number of nitrogens with one attached hydrogen (secondary N) is 1. The summed E-state index contributed by atoms with van der Waals surface area (Å²) in [4.78, 5) is 11.7. The summed E-state index contributed by atoms with van der Waals surface area (Å²) in [5, 5.41) is 13.6. The predicted molar refractivity (Wildman–Crippen MR) is 73.6 cm³/mol. The van der Waals surface area contributed by atoms with Crippen molar-refractivity contribution in [2.24, 2.45) is 5.10 Å². The van der Waals surface area contributed by atoms with Crippen molar-refractivity contribution >= 4 is 12.1 Å². The Bertz CT molecular complexity index is 553. The molecule has 0 fully saturated rings. The lowest BCUT2D eigenvalue weighted by atomic mass is 10.1. The summed E-state index contributed by atoms with van der Waals surface area (Å²) in [6, 6.07) is 18.1. The van der Waals surface area contributed by atoms with Crippen molar-refractivity contribution in [1.29, 1.82) is 0 Å². The summed E-state index contributed by atoms with van der Waals surface area (Å²) in [7, 11) is 0. The minimum absolute atomic E-state index is 0.537. The second-order valence-electron chi connectivity index (χ2n) is 3.96. The molecule has 4 nitrogen and oxygen atoms in total. The van der Waals surface area contributed by atoms with Crippen molar-refractivity contribution < 1.29 is 9.90 Å². The van der Waals surface area contributed by atoms with Gasteiger partial charge in [-0.2, -0.15) is 5.10 Å². The molecule has 0 saturated carbocycles. The maximum absolute atomic E-state index is 11.7. The number of hydrogen-bond acceptors (Lipinski definition) is 3. The van der Waals surface area contributed by atoms with Crippen molar-refractivity contribution in [3.63, 3.8) is 0 Å². The second-order valence-corrected chi connectivity index (χ2v) is 3.96. The molecular formula is C15H14N2O2. The molecule has 1 unspecified atom stereocenters. The highest BCUT2D eigenvalue weighted by atomic mass is 16.3. The van der Waals surface area contributed by atoms with Crippen LogP contribution in [0.25, 0.3) is 0 Å². The van der Waals surface area contributed by atoms with Crippen LogP contribution in [0.1, 0.15) is 17.2 Å². The molecule has 96 valence electrons. The van der Waals surface area contributed by atoms with Gasteiger partial charge in [0, 0.05) is 0 Å². The quantitative estimate of drug-likeness (QED) is 0.646. The summed E-state index contributed by atoms with van der Waals surface area (Å²) in [6.45, 7) is 0. The highest BCUT2D eigenvalue weighted by molar-refractivity contribution is 5.84. The van der Waals surface area contributed by atoms with Gasteiger partial charge in [0.05, 0.1) is 6.21 Å². The van der Waals surface area contributed by atoms with E-state index < -0.39 is 12.0 Å². The number of carbonyl (C=O) groups is 1. The van der Waals surface area contributed by atoms with Crippen molar-refractivity contribution in [1.82, 2.24) is 5.43 Å². The molecule has 0 heterocycles. The summed E-state index contributed by atoms with van der Waals surface area (Å²) in [5.41, 5.74) is 3.72. The fraction of sp³-hybridized carbons (Fsp3) is 0.0667. The van der Waals surface area contributed by atoms with E-state index in [1.807, 2.05) is 36.4 Å². The Morgan fingerprint density at radius 2 is 1.63 bits per heavy atom. The summed E-state index contributed by atoms with van der Waals surface area (Å²) >= 11 is 0. The van der Waals surface area contributed by atoms with E-state index in [0.29, 0.717) is 5.56 Å². The van der Waals surface area contributed by atoms with Gasteiger partial charge in [0.25, 0.3) is 5.91 Å². The SMILES string of the molecule is O=C(N/N=C/c1ccccc1)C(O)c1ccccc1. The molecule has 0 bridgehead atoms. The number of benzene rings is 2. The zero-order valence-electron chi connectivity index (χ0n) is 10.2. The smallest absolute Gasteiger partial charge is 0.273 e. The summed E-state index contributed by atoms with van der Waals surface area (Å²) < 4.78 is 0. The molecule has 0 spiro atoms. The Kier molecular flexibility index (Phi) is 4.42. The van der Waals surface area contributed by atoms with E-state index in [-0.39, 0.29) is 0 Å². The lowest BCUT2D eigenvalue weighted by Crippen LogP contribution is -2.25. The van der Waals surface area contributed by atoms with Gasteiger partial charge in [-0.05, 0) is 11.1 Å². The van der Waals surface area contributed by atoms with Crippen LogP contribution in [0.5, 0.6) is 0 Å². The number of hydrogen-bond donors (Lipinski definition) is 2. The van der Waals surface area contributed by atoms with Crippen LogP contribution in [-0.2, 0) is 4.79 Å². The normalized spacial score (nSPS) is 12.3. The van der Waals surface area contributed by atoms with E-state index in [9.17, 15) is 9.90 Å². The van der Waals surface area contributed by atoms with Gasteiger partial charge in [0.15, 0.2) is 6.10 Å². The van der Waals surface area contributed by atoms with Crippen LogP contribution in [0.15, 0.2) is 65.8 Å². The van der Waals surface area contributed by atoms with Crippen LogP contribution in [0, 0.1) is 0 Å². The first-order valence-electron chi connectivity index (χ1n) is 5.88. The molecule has 0 aliphatic carbocycles. The first-order chi connectivity index (χ1) is 9.27. The van der Waals surface area contributed by atoms with Crippen molar-refractivity contribution in [2.45, 2.75) is 6.10 Å².